The average Bonchev–Trinajstić information content (AvgIpc) is 2.54. The summed E-state index contributed by atoms with van der Waals surface area (Å²) in [4.78, 5) is 11.2. The molecular formula is C16H28IN5O. The first kappa shape index (κ1) is 20.0. The quantitative estimate of drug-likeness (QED) is 0.409. The molecule has 3 N–H and O–H groups in total. The van der Waals surface area contributed by atoms with E-state index in [1.165, 1.54) is 19.3 Å². The van der Waals surface area contributed by atoms with Crippen molar-refractivity contribution in [2.24, 2.45) is 10.7 Å². The SMILES string of the molecule is COCC(C)NC(N)=NCc1ccnc(N2CCCCC2)c1.I. The largest absolute Gasteiger partial charge is 0.383 e. The van der Waals surface area contributed by atoms with Crippen LogP contribution in [0, 0.1) is 0 Å². The van der Waals surface area contributed by atoms with Gasteiger partial charge < -0.3 is 20.7 Å². The van der Waals surface area contributed by atoms with Gasteiger partial charge in [0, 0.05) is 32.4 Å². The molecule has 0 radical (unpaired) electrons. The molecule has 1 fully saturated rings. The molecule has 1 aromatic heterocycles. The van der Waals surface area contributed by atoms with Gasteiger partial charge in [-0.2, -0.15) is 0 Å². The molecule has 0 saturated carbocycles. The van der Waals surface area contributed by atoms with E-state index < -0.39 is 0 Å². The fourth-order valence-electron chi connectivity index (χ4n) is 2.62. The number of aliphatic imine (C=N–C) groups is 1. The minimum atomic E-state index is 0. The highest BCUT2D eigenvalue weighted by Gasteiger charge is 2.12. The summed E-state index contributed by atoms with van der Waals surface area (Å²) in [5.41, 5.74) is 7.02. The standard InChI is InChI=1S/C16H27N5O.HI/c1-13(12-22-2)20-16(17)19-11-14-6-7-18-15(10-14)21-8-4-3-5-9-21;/h6-7,10,13H,3-5,8-9,11-12H2,1-2H3,(H3,17,19,20);1H. The lowest BCUT2D eigenvalue weighted by molar-refractivity contribution is 0.179. The predicted molar refractivity (Wildman–Crippen MR) is 106 cm³/mol. The zero-order valence-corrected chi connectivity index (χ0v) is 16.3. The van der Waals surface area contributed by atoms with E-state index in [4.69, 9.17) is 10.5 Å². The molecule has 1 saturated heterocycles. The predicted octanol–water partition coefficient (Wildman–Crippen LogP) is 2.13. The van der Waals surface area contributed by atoms with Gasteiger partial charge in [-0.05, 0) is 43.9 Å². The lowest BCUT2D eigenvalue weighted by Crippen LogP contribution is -2.40. The first-order valence-electron chi connectivity index (χ1n) is 7.94. The first-order valence-corrected chi connectivity index (χ1v) is 7.94. The van der Waals surface area contributed by atoms with Crippen LogP contribution in [0.4, 0.5) is 5.82 Å². The smallest absolute Gasteiger partial charge is 0.189 e. The Hall–Kier alpha value is -1.09. The Labute approximate surface area is 155 Å². The Bertz CT molecular complexity index is 491. The second kappa shape index (κ2) is 10.6. The number of hydrogen-bond acceptors (Lipinski definition) is 4. The third-order valence-corrected chi connectivity index (χ3v) is 3.73. The number of nitrogens with zero attached hydrogens (tertiary/aromatic N) is 3. The van der Waals surface area contributed by atoms with Crippen LogP contribution in [0.1, 0.15) is 31.7 Å². The molecule has 2 rings (SSSR count). The molecule has 0 bridgehead atoms. The summed E-state index contributed by atoms with van der Waals surface area (Å²) in [7, 11) is 1.67. The van der Waals surface area contributed by atoms with E-state index in [1.807, 2.05) is 19.2 Å². The third-order valence-electron chi connectivity index (χ3n) is 3.73. The molecule has 1 atom stereocenters. The number of rotatable bonds is 6. The van der Waals surface area contributed by atoms with Gasteiger partial charge in [0.25, 0.3) is 0 Å². The van der Waals surface area contributed by atoms with Gasteiger partial charge in [0.2, 0.25) is 0 Å². The Morgan fingerprint density at radius 2 is 2.17 bits per heavy atom. The average molecular weight is 433 g/mol. The van der Waals surface area contributed by atoms with Crippen LogP contribution in [0.3, 0.4) is 0 Å². The Morgan fingerprint density at radius 3 is 2.87 bits per heavy atom. The van der Waals surface area contributed by atoms with Crippen LogP contribution in [0.25, 0.3) is 0 Å². The van der Waals surface area contributed by atoms with Crippen molar-refractivity contribution in [3.63, 3.8) is 0 Å². The Kier molecular flexibility index (Phi) is 9.23. The van der Waals surface area contributed by atoms with Gasteiger partial charge >= 0.3 is 0 Å². The fraction of sp³-hybridized carbons (Fsp3) is 0.625. The van der Waals surface area contributed by atoms with Crippen LogP contribution in [-0.2, 0) is 11.3 Å². The number of halogens is 1. The molecule has 0 amide bonds. The monoisotopic (exact) mass is 433 g/mol. The Morgan fingerprint density at radius 1 is 1.43 bits per heavy atom. The van der Waals surface area contributed by atoms with Gasteiger partial charge in [-0.3, -0.25) is 0 Å². The van der Waals surface area contributed by atoms with E-state index in [0.29, 0.717) is 19.1 Å². The van der Waals surface area contributed by atoms with Gasteiger partial charge in [-0.15, -0.1) is 24.0 Å². The maximum Gasteiger partial charge on any atom is 0.189 e. The second-order valence-electron chi connectivity index (χ2n) is 5.77. The van der Waals surface area contributed by atoms with E-state index in [2.05, 4.69) is 26.3 Å². The van der Waals surface area contributed by atoms with Crippen LogP contribution in [0.2, 0.25) is 0 Å². The maximum absolute atomic E-state index is 5.89. The van der Waals surface area contributed by atoms with E-state index in [0.717, 1.165) is 24.5 Å². The highest BCUT2D eigenvalue weighted by Crippen LogP contribution is 2.18. The summed E-state index contributed by atoms with van der Waals surface area (Å²) in [6.45, 7) is 5.36. The molecule has 6 nitrogen and oxygen atoms in total. The zero-order valence-electron chi connectivity index (χ0n) is 14.0. The normalized spacial score (nSPS) is 16.6. The maximum atomic E-state index is 5.89. The van der Waals surface area contributed by atoms with Crippen LogP contribution >= 0.6 is 24.0 Å². The summed E-state index contributed by atoms with van der Waals surface area (Å²) in [5.74, 6) is 1.49. The van der Waals surface area contributed by atoms with Gasteiger partial charge in [0.1, 0.15) is 5.82 Å². The van der Waals surface area contributed by atoms with Gasteiger partial charge in [-0.1, -0.05) is 0 Å². The molecule has 0 aliphatic carbocycles. The Balaban J connectivity index is 0.00000264. The molecule has 1 unspecified atom stereocenters. The van der Waals surface area contributed by atoms with Crippen LogP contribution in [0.15, 0.2) is 23.3 Å². The molecule has 130 valence electrons. The molecule has 23 heavy (non-hydrogen) atoms. The van der Waals surface area contributed by atoms with Crippen molar-refractivity contribution in [1.29, 1.82) is 0 Å². The van der Waals surface area contributed by atoms with Crippen molar-refractivity contribution < 1.29 is 4.74 Å². The second-order valence-corrected chi connectivity index (χ2v) is 5.77. The molecule has 0 spiro atoms. The molecule has 0 aromatic carbocycles. The molecule has 2 heterocycles. The molecule has 7 heteroatoms. The number of ether oxygens (including phenoxy) is 1. The number of anilines is 1. The first-order chi connectivity index (χ1) is 10.7. The van der Waals surface area contributed by atoms with Crippen LogP contribution in [0.5, 0.6) is 0 Å². The van der Waals surface area contributed by atoms with E-state index in [1.54, 1.807) is 7.11 Å². The van der Waals surface area contributed by atoms with E-state index in [9.17, 15) is 0 Å². The number of pyridine rings is 1. The van der Waals surface area contributed by atoms with Crippen molar-refractivity contribution >= 4 is 35.8 Å². The minimum absolute atomic E-state index is 0. The molecular weight excluding hydrogens is 405 g/mol. The van der Waals surface area contributed by atoms with E-state index in [-0.39, 0.29) is 30.0 Å². The summed E-state index contributed by atoms with van der Waals surface area (Å²) >= 11 is 0. The van der Waals surface area contributed by atoms with Crippen molar-refractivity contribution in [3.05, 3.63) is 23.9 Å². The topological polar surface area (TPSA) is 75.8 Å². The number of nitrogens with two attached hydrogens (primary N) is 1. The minimum Gasteiger partial charge on any atom is -0.383 e. The highest BCUT2D eigenvalue weighted by atomic mass is 127. The summed E-state index contributed by atoms with van der Waals surface area (Å²) < 4.78 is 5.06. The molecule has 1 aliphatic rings. The van der Waals surface area contributed by atoms with Crippen molar-refractivity contribution in [2.75, 3.05) is 31.7 Å². The van der Waals surface area contributed by atoms with Gasteiger partial charge in [0.05, 0.1) is 13.2 Å². The summed E-state index contributed by atoms with van der Waals surface area (Å²) in [6.07, 6.45) is 5.67. The van der Waals surface area contributed by atoms with Gasteiger partial charge in [-0.25, -0.2) is 9.98 Å². The number of methoxy groups -OCH3 is 1. The van der Waals surface area contributed by atoms with Gasteiger partial charge in [0.15, 0.2) is 5.96 Å². The number of nitrogens with one attached hydrogen (secondary N) is 1. The number of piperidine rings is 1. The lowest BCUT2D eigenvalue weighted by Gasteiger charge is -2.27. The van der Waals surface area contributed by atoms with Crippen molar-refractivity contribution in [3.8, 4) is 0 Å². The van der Waals surface area contributed by atoms with Crippen LogP contribution in [-0.4, -0.2) is 43.8 Å². The number of hydrogen-bond donors (Lipinski definition) is 2. The van der Waals surface area contributed by atoms with Crippen molar-refractivity contribution in [2.45, 2.75) is 38.8 Å². The summed E-state index contributed by atoms with van der Waals surface area (Å²) in [5, 5.41) is 3.11. The van der Waals surface area contributed by atoms with Crippen LogP contribution < -0.4 is 16.0 Å². The summed E-state index contributed by atoms with van der Waals surface area (Å²) in [6, 6.07) is 4.25. The molecule has 1 aliphatic heterocycles. The fourth-order valence-corrected chi connectivity index (χ4v) is 2.62. The molecule has 1 aromatic rings. The van der Waals surface area contributed by atoms with E-state index >= 15 is 0 Å². The third kappa shape index (κ3) is 6.90. The number of aromatic nitrogens is 1. The highest BCUT2D eigenvalue weighted by molar-refractivity contribution is 14.0. The van der Waals surface area contributed by atoms with Crippen molar-refractivity contribution in [1.82, 2.24) is 10.3 Å². The zero-order chi connectivity index (χ0) is 15.8. The number of guanidine groups is 1. The lowest BCUT2D eigenvalue weighted by atomic mass is 10.1.